The van der Waals surface area contributed by atoms with E-state index in [1.165, 1.54) is 18.4 Å². The van der Waals surface area contributed by atoms with Gasteiger partial charge in [0.2, 0.25) is 0 Å². The van der Waals surface area contributed by atoms with Gasteiger partial charge < -0.3 is 10.6 Å². The summed E-state index contributed by atoms with van der Waals surface area (Å²) in [7, 11) is 0. The Bertz CT molecular complexity index is 722. The molecule has 1 saturated carbocycles. The summed E-state index contributed by atoms with van der Waals surface area (Å²) in [6.07, 6.45) is 5.23. The van der Waals surface area contributed by atoms with Crippen LogP contribution in [0.15, 0.2) is 54.6 Å². The van der Waals surface area contributed by atoms with E-state index < -0.39 is 0 Å². The topological polar surface area (TPSA) is 58.2 Å². The van der Waals surface area contributed by atoms with E-state index in [1.54, 1.807) is 24.3 Å². The van der Waals surface area contributed by atoms with Gasteiger partial charge in [0, 0.05) is 23.7 Å². The van der Waals surface area contributed by atoms with Crippen LogP contribution in [0, 0.1) is 0 Å². The molecule has 2 N–H and O–H groups in total. The van der Waals surface area contributed by atoms with Crippen LogP contribution in [0.2, 0.25) is 0 Å². The number of hydrogen-bond donors (Lipinski definition) is 2. The molecule has 0 bridgehead atoms. The molecule has 0 unspecified atom stereocenters. The number of carbonyl (C=O) groups excluding carboxylic acids is 2. The fourth-order valence-electron chi connectivity index (χ4n) is 3.21. The minimum Gasteiger partial charge on any atom is -0.352 e. The highest BCUT2D eigenvalue weighted by Crippen LogP contribution is 2.18. The molecule has 0 spiro atoms. The smallest absolute Gasteiger partial charge is 0.251 e. The molecular weight excluding hydrogens is 312 g/mol. The second kappa shape index (κ2) is 8.47. The van der Waals surface area contributed by atoms with Gasteiger partial charge >= 0.3 is 0 Å². The predicted molar refractivity (Wildman–Crippen MR) is 98.6 cm³/mol. The van der Waals surface area contributed by atoms with Crippen molar-refractivity contribution in [1.29, 1.82) is 0 Å². The molecule has 0 aromatic heterocycles. The highest BCUT2D eigenvalue weighted by atomic mass is 16.2. The standard InChI is InChI=1S/C21H24N2O2/c24-20(22-14-13-16-7-2-1-3-8-16)17-9-6-10-18(15-17)21(25)23-19-11-4-5-12-19/h1-3,6-10,15,19H,4-5,11-14H2,(H,22,24)(H,23,25). The first-order valence-corrected chi connectivity index (χ1v) is 8.95. The Kier molecular flexibility index (Phi) is 5.83. The molecule has 2 aromatic rings. The van der Waals surface area contributed by atoms with Crippen molar-refractivity contribution in [2.45, 2.75) is 38.1 Å². The summed E-state index contributed by atoms with van der Waals surface area (Å²) in [5, 5.41) is 5.97. The minimum atomic E-state index is -0.147. The molecule has 0 aliphatic heterocycles. The summed E-state index contributed by atoms with van der Waals surface area (Å²) < 4.78 is 0. The summed E-state index contributed by atoms with van der Waals surface area (Å²) in [5.41, 5.74) is 2.25. The molecule has 3 rings (SSSR count). The van der Waals surface area contributed by atoms with Crippen molar-refractivity contribution in [2.24, 2.45) is 0 Å². The summed E-state index contributed by atoms with van der Waals surface area (Å²) >= 11 is 0. The first-order chi connectivity index (χ1) is 12.2. The Hall–Kier alpha value is -2.62. The molecule has 25 heavy (non-hydrogen) atoms. The molecule has 130 valence electrons. The largest absolute Gasteiger partial charge is 0.352 e. The molecule has 1 fully saturated rings. The van der Waals surface area contributed by atoms with Gasteiger partial charge in [-0.3, -0.25) is 9.59 Å². The fourth-order valence-corrected chi connectivity index (χ4v) is 3.21. The van der Waals surface area contributed by atoms with Crippen molar-refractivity contribution in [3.63, 3.8) is 0 Å². The van der Waals surface area contributed by atoms with E-state index in [2.05, 4.69) is 10.6 Å². The third kappa shape index (κ3) is 4.92. The van der Waals surface area contributed by atoms with Crippen LogP contribution < -0.4 is 10.6 Å². The zero-order valence-corrected chi connectivity index (χ0v) is 14.3. The molecule has 2 aromatic carbocycles. The lowest BCUT2D eigenvalue weighted by Crippen LogP contribution is -2.33. The normalized spacial score (nSPS) is 14.2. The van der Waals surface area contributed by atoms with Gasteiger partial charge in [0.15, 0.2) is 0 Å². The third-order valence-electron chi connectivity index (χ3n) is 4.62. The van der Waals surface area contributed by atoms with E-state index in [0.29, 0.717) is 17.7 Å². The molecule has 0 radical (unpaired) electrons. The molecule has 2 amide bonds. The minimum absolute atomic E-state index is 0.0918. The van der Waals surface area contributed by atoms with Gasteiger partial charge in [-0.15, -0.1) is 0 Å². The van der Waals surface area contributed by atoms with E-state index in [0.717, 1.165) is 19.3 Å². The van der Waals surface area contributed by atoms with Crippen molar-refractivity contribution >= 4 is 11.8 Å². The van der Waals surface area contributed by atoms with Crippen LogP contribution in [0.1, 0.15) is 52.0 Å². The second-order valence-electron chi connectivity index (χ2n) is 6.53. The van der Waals surface area contributed by atoms with Crippen LogP contribution in [0.25, 0.3) is 0 Å². The number of benzene rings is 2. The fraction of sp³-hybridized carbons (Fsp3) is 0.333. The molecule has 0 saturated heterocycles. The van der Waals surface area contributed by atoms with Crippen molar-refractivity contribution in [1.82, 2.24) is 10.6 Å². The number of rotatable bonds is 6. The molecule has 0 atom stereocenters. The maximum Gasteiger partial charge on any atom is 0.251 e. The summed E-state index contributed by atoms with van der Waals surface area (Å²) in [6.45, 7) is 0.571. The Balaban J connectivity index is 1.54. The van der Waals surface area contributed by atoms with E-state index in [9.17, 15) is 9.59 Å². The van der Waals surface area contributed by atoms with Crippen molar-refractivity contribution < 1.29 is 9.59 Å². The van der Waals surface area contributed by atoms with Crippen LogP contribution >= 0.6 is 0 Å². The molecule has 1 aliphatic rings. The lowest BCUT2D eigenvalue weighted by Gasteiger charge is -2.12. The van der Waals surface area contributed by atoms with Crippen molar-refractivity contribution in [3.8, 4) is 0 Å². The Morgan fingerprint density at radius 1 is 0.880 bits per heavy atom. The van der Waals surface area contributed by atoms with Gasteiger partial charge in [-0.1, -0.05) is 49.2 Å². The van der Waals surface area contributed by atoms with Gasteiger partial charge in [-0.2, -0.15) is 0 Å². The predicted octanol–water partition coefficient (Wildman–Crippen LogP) is 3.33. The molecular formula is C21H24N2O2. The zero-order chi connectivity index (χ0) is 17.5. The van der Waals surface area contributed by atoms with Crippen molar-refractivity contribution in [3.05, 3.63) is 71.3 Å². The van der Waals surface area contributed by atoms with Gasteiger partial charge in [0.1, 0.15) is 0 Å². The number of nitrogens with one attached hydrogen (secondary N) is 2. The summed E-state index contributed by atoms with van der Waals surface area (Å²) in [5.74, 6) is -0.239. The highest BCUT2D eigenvalue weighted by Gasteiger charge is 2.18. The van der Waals surface area contributed by atoms with Gasteiger partial charge in [0.05, 0.1) is 0 Å². The first kappa shape index (κ1) is 17.2. The number of hydrogen-bond acceptors (Lipinski definition) is 2. The number of amides is 2. The Morgan fingerprint density at radius 2 is 1.56 bits per heavy atom. The quantitative estimate of drug-likeness (QED) is 0.850. The van der Waals surface area contributed by atoms with Gasteiger partial charge in [-0.25, -0.2) is 0 Å². The van der Waals surface area contributed by atoms with Crippen molar-refractivity contribution in [2.75, 3.05) is 6.54 Å². The van der Waals surface area contributed by atoms with E-state index >= 15 is 0 Å². The van der Waals surface area contributed by atoms with Gasteiger partial charge in [-0.05, 0) is 43.0 Å². The SMILES string of the molecule is O=C(NCCc1ccccc1)c1cccc(C(=O)NC2CCCC2)c1. The van der Waals surface area contributed by atoms with E-state index in [1.807, 2.05) is 30.3 Å². The molecule has 1 aliphatic carbocycles. The second-order valence-corrected chi connectivity index (χ2v) is 6.53. The molecule has 0 heterocycles. The lowest BCUT2D eigenvalue weighted by atomic mass is 10.1. The number of carbonyl (C=O) groups is 2. The monoisotopic (exact) mass is 336 g/mol. The average Bonchev–Trinajstić information content (AvgIpc) is 3.15. The maximum absolute atomic E-state index is 12.3. The van der Waals surface area contributed by atoms with Crippen LogP contribution in [0.3, 0.4) is 0 Å². The highest BCUT2D eigenvalue weighted by molar-refractivity contribution is 5.99. The summed E-state index contributed by atoms with van der Waals surface area (Å²) in [6, 6.07) is 17.2. The first-order valence-electron chi connectivity index (χ1n) is 8.95. The Morgan fingerprint density at radius 3 is 2.28 bits per heavy atom. The van der Waals surface area contributed by atoms with Crippen LogP contribution in [0.5, 0.6) is 0 Å². The average molecular weight is 336 g/mol. The van der Waals surface area contributed by atoms with E-state index in [4.69, 9.17) is 0 Å². The van der Waals surface area contributed by atoms with E-state index in [-0.39, 0.29) is 17.9 Å². The Labute approximate surface area is 148 Å². The van der Waals surface area contributed by atoms with Crippen LogP contribution in [-0.4, -0.2) is 24.4 Å². The maximum atomic E-state index is 12.3. The van der Waals surface area contributed by atoms with Gasteiger partial charge in [0.25, 0.3) is 11.8 Å². The zero-order valence-electron chi connectivity index (χ0n) is 14.3. The molecule has 4 nitrogen and oxygen atoms in total. The third-order valence-corrected chi connectivity index (χ3v) is 4.62. The van der Waals surface area contributed by atoms with Crippen LogP contribution in [0.4, 0.5) is 0 Å². The van der Waals surface area contributed by atoms with Crippen LogP contribution in [-0.2, 0) is 6.42 Å². The molecule has 4 heteroatoms. The summed E-state index contributed by atoms with van der Waals surface area (Å²) in [4.78, 5) is 24.6. The lowest BCUT2D eigenvalue weighted by molar-refractivity contribution is 0.0938.